The number of benzene rings is 1. The van der Waals surface area contributed by atoms with Gasteiger partial charge in [-0.25, -0.2) is 0 Å². The molecule has 4 nitrogen and oxygen atoms in total. The lowest BCUT2D eigenvalue weighted by atomic mass is 10.0. The maximum Gasteiger partial charge on any atom is 0.254 e. The zero-order chi connectivity index (χ0) is 14.7. The van der Waals surface area contributed by atoms with Crippen LogP contribution in [0.1, 0.15) is 35.7 Å². The van der Waals surface area contributed by atoms with Crippen LogP contribution in [0.5, 0.6) is 0 Å². The summed E-state index contributed by atoms with van der Waals surface area (Å²) in [6.45, 7) is 5.22. The second kappa shape index (κ2) is 6.27. The number of rotatable bonds is 6. The molecular weight excluding hydrogens is 252 g/mol. The van der Waals surface area contributed by atoms with Gasteiger partial charge < -0.3 is 15.4 Å². The summed E-state index contributed by atoms with van der Waals surface area (Å²) in [6, 6.07) is 5.79. The summed E-state index contributed by atoms with van der Waals surface area (Å²) < 4.78 is 5.14. The summed E-state index contributed by atoms with van der Waals surface area (Å²) >= 11 is 0. The van der Waals surface area contributed by atoms with Gasteiger partial charge in [-0.2, -0.15) is 0 Å². The maximum atomic E-state index is 12.8. The fourth-order valence-electron chi connectivity index (χ4n) is 2.55. The Bertz CT molecular complexity index is 483. The molecule has 1 saturated carbocycles. The zero-order valence-corrected chi connectivity index (χ0v) is 12.6. The molecule has 1 unspecified atom stereocenters. The Morgan fingerprint density at radius 3 is 2.80 bits per heavy atom. The number of nitrogens with zero attached hydrogens (tertiary/aromatic N) is 1. The van der Waals surface area contributed by atoms with Crippen LogP contribution in [0.15, 0.2) is 18.2 Å². The molecule has 0 aliphatic heterocycles. The molecule has 2 rings (SSSR count). The number of nitrogen functional groups attached to an aromatic ring is 1. The highest BCUT2D eigenvalue weighted by molar-refractivity contribution is 5.97. The zero-order valence-electron chi connectivity index (χ0n) is 12.6. The number of amides is 1. The van der Waals surface area contributed by atoms with Crippen molar-refractivity contribution in [1.29, 1.82) is 0 Å². The van der Waals surface area contributed by atoms with E-state index >= 15 is 0 Å². The summed E-state index contributed by atoms with van der Waals surface area (Å²) in [7, 11) is 1.66. The average Bonchev–Trinajstić information content (AvgIpc) is 3.26. The van der Waals surface area contributed by atoms with Gasteiger partial charge in [0, 0.05) is 30.9 Å². The van der Waals surface area contributed by atoms with Gasteiger partial charge in [-0.3, -0.25) is 4.79 Å². The molecule has 2 N–H and O–H groups in total. The second-order valence-corrected chi connectivity index (χ2v) is 5.59. The number of carbonyl (C=O) groups is 1. The van der Waals surface area contributed by atoms with Gasteiger partial charge >= 0.3 is 0 Å². The van der Waals surface area contributed by atoms with Crippen molar-refractivity contribution in [2.45, 2.75) is 32.7 Å². The molecule has 1 atom stereocenters. The van der Waals surface area contributed by atoms with E-state index in [2.05, 4.69) is 6.92 Å². The molecule has 0 radical (unpaired) electrons. The SMILES string of the molecule is COCCN(C(=O)c1cccc(N)c1C)C(C)C1CC1. The fraction of sp³-hybridized carbons (Fsp3) is 0.562. The van der Waals surface area contributed by atoms with Crippen molar-refractivity contribution in [3.63, 3.8) is 0 Å². The third-order valence-electron chi connectivity index (χ3n) is 4.20. The minimum Gasteiger partial charge on any atom is -0.398 e. The van der Waals surface area contributed by atoms with Crippen molar-refractivity contribution in [1.82, 2.24) is 4.90 Å². The van der Waals surface area contributed by atoms with Crippen LogP contribution in [0.25, 0.3) is 0 Å². The van der Waals surface area contributed by atoms with Crippen LogP contribution < -0.4 is 5.73 Å². The van der Waals surface area contributed by atoms with Crippen molar-refractivity contribution in [3.8, 4) is 0 Å². The van der Waals surface area contributed by atoms with Gasteiger partial charge in [0.15, 0.2) is 0 Å². The molecule has 1 aliphatic carbocycles. The van der Waals surface area contributed by atoms with Crippen LogP contribution >= 0.6 is 0 Å². The first-order valence-electron chi connectivity index (χ1n) is 7.21. The van der Waals surface area contributed by atoms with Gasteiger partial charge in [-0.05, 0) is 50.3 Å². The van der Waals surface area contributed by atoms with Crippen molar-refractivity contribution < 1.29 is 9.53 Å². The summed E-state index contributed by atoms with van der Waals surface area (Å²) in [5.74, 6) is 0.698. The molecule has 0 aromatic heterocycles. The van der Waals surface area contributed by atoms with E-state index in [1.807, 2.05) is 30.0 Å². The van der Waals surface area contributed by atoms with E-state index in [0.29, 0.717) is 30.3 Å². The van der Waals surface area contributed by atoms with E-state index in [9.17, 15) is 4.79 Å². The second-order valence-electron chi connectivity index (χ2n) is 5.59. The molecule has 1 aromatic rings. The van der Waals surface area contributed by atoms with E-state index < -0.39 is 0 Å². The third-order valence-corrected chi connectivity index (χ3v) is 4.20. The predicted octanol–water partition coefficient (Wildman–Crippen LogP) is 2.46. The molecule has 1 amide bonds. The number of ether oxygens (including phenoxy) is 1. The largest absolute Gasteiger partial charge is 0.398 e. The first-order valence-corrected chi connectivity index (χ1v) is 7.21. The Labute approximate surface area is 120 Å². The van der Waals surface area contributed by atoms with E-state index in [-0.39, 0.29) is 11.9 Å². The van der Waals surface area contributed by atoms with Crippen LogP contribution in [0.3, 0.4) is 0 Å². The first-order chi connectivity index (χ1) is 9.56. The molecule has 110 valence electrons. The summed E-state index contributed by atoms with van der Waals surface area (Å²) in [5.41, 5.74) is 8.15. The molecule has 0 spiro atoms. The number of anilines is 1. The van der Waals surface area contributed by atoms with Crippen LogP contribution in [-0.4, -0.2) is 37.1 Å². The third kappa shape index (κ3) is 3.12. The minimum absolute atomic E-state index is 0.0613. The van der Waals surface area contributed by atoms with Gasteiger partial charge in [-0.15, -0.1) is 0 Å². The smallest absolute Gasteiger partial charge is 0.254 e. The Morgan fingerprint density at radius 1 is 1.50 bits per heavy atom. The van der Waals surface area contributed by atoms with Crippen LogP contribution in [0.4, 0.5) is 5.69 Å². The molecule has 1 fully saturated rings. The van der Waals surface area contributed by atoms with E-state index in [4.69, 9.17) is 10.5 Å². The summed E-state index contributed by atoms with van der Waals surface area (Å²) in [6.07, 6.45) is 2.43. The Morgan fingerprint density at radius 2 is 2.20 bits per heavy atom. The molecule has 0 bridgehead atoms. The monoisotopic (exact) mass is 276 g/mol. The van der Waals surface area contributed by atoms with Crippen LogP contribution in [0, 0.1) is 12.8 Å². The molecule has 0 saturated heterocycles. The summed E-state index contributed by atoms with van der Waals surface area (Å²) in [5, 5.41) is 0. The Kier molecular flexibility index (Phi) is 4.65. The standard InChI is InChI=1S/C16H24N2O2/c1-11-14(5-4-6-15(11)17)16(19)18(9-10-20-3)12(2)13-7-8-13/h4-6,12-13H,7-10,17H2,1-3H3. The van der Waals surface area contributed by atoms with Crippen molar-refractivity contribution in [2.24, 2.45) is 5.92 Å². The van der Waals surface area contributed by atoms with Crippen LogP contribution in [0.2, 0.25) is 0 Å². The minimum atomic E-state index is 0.0613. The average molecular weight is 276 g/mol. The first kappa shape index (κ1) is 14.9. The molecular formula is C16H24N2O2. The van der Waals surface area contributed by atoms with Gasteiger partial charge in [0.05, 0.1) is 6.61 Å². The molecule has 0 heterocycles. The molecule has 1 aromatic carbocycles. The molecule has 20 heavy (non-hydrogen) atoms. The van der Waals surface area contributed by atoms with E-state index in [1.165, 1.54) is 12.8 Å². The normalized spacial score (nSPS) is 15.9. The number of carbonyl (C=O) groups excluding carboxylic acids is 1. The van der Waals surface area contributed by atoms with E-state index in [0.717, 1.165) is 5.56 Å². The highest BCUT2D eigenvalue weighted by Crippen LogP contribution is 2.35. The number of methoxy groups -OCH3 is 1. The van der Waals surface area contributed by atoms with Crippen molar-refractivity contribution >= 4 is 11.6 Å². The van der Waals surface area contributed by atoms with E-state index in [1.54, 1.807) is 7.11 Å². The fourth-order valence-corrected chi connectivity index (χ4v) is 2.55. The lowest BCUT2D eigenvalue weighted by Gasteiger charge is -2.30. The Hall–Kier alpha value is -1.55. The number of nitrogens with two attached hydrogens (primary N) is 1. The highest BCUT2D eigenvalue weighted by atomic mass is 16.5. The summed E-state index contributed by atoms with van der Waals surface area (Å²) in [4.78, 5) is 14.7. The topological polar surface area (TPSA) is 55.6 Å². The van der Waals surface area contributed by atoms with Gasteiger partial charge in [0.1, 0.15) is 0 Å². The van der Waals surface area contributed by atoms with Crippen LogP contribution in [-0.2, 0) is 4.74 Å². The Balaban J connectivity index is 2.22. The lowest BCUT2D eigenvalue weighted by Crippen LogP contribution is -2.42. The highest BCUT2D eigenvalue weighted by Gasteiger charge is 2.34. The number of hydrogen-bond acceptors (Lipinski definition) is 3. The quantitative estimate of drug-likeness (QED) is 0.812. The maximum absolute atomic E-state index is 12.8. The van der Waals surface area contributed by atoms with Crippen molar-refractivity contribution in [2.75, 3.05) is 26.0 Å². The lowest BCUT2D eigenvalue weighted by molar-refractivity contribution is 0.0594. The van der Waals surface area contributed by atoms with Crippen molar-refractivity contribution in [3.05, 3.63) is 29.3 Å². The van der Waals surface area contributed by atoms with Gasteiger partial charge in [-0.1, -0.05) is 6.07 Å². The molecule has 1 aliphatic rings. The number of hydrogen-bond donors (Lipinski definition) is 1. The molecule has 4 heteroatoms. The van der Waals surface area contributed by atoms with Gasteiger partial charge in [0.2, 0.25) is 0 Å². The predicted molar refractivity (Wildman–Crippen MR) is 80.7 cm³/mol. The van der Waals surface area contributed by atoms with Gasteiger partial charge in [0.25, 0.3) is 5.91 Å².